The molecular weight excluding hydrogens is 374 g/mol. The average Bonchev–Trinajstić information content (AvgIpc) is 3.25. The number of carbonyl (C=O) groups excluding carboxylic acids is 1. The van der Waals surface area contributed by atoms with Gasteiger partial charge in [0.05, 0.1) is 12.2 Å². The molecule has 0 radical (unpaired) electrons. The van der Waals surface area contributed by atoms with Crippen molar-refractivity contribution in [3.8, 4) is 0 Å². The number of hydrogen-bond donors (Lipinski definition) is 1. The first-order valence-electron chi connectivity index (χ1n) is 9.53. The maximum absolute atomic E-state index is 10.9. The number of H-pyrrole nitrogens is 1. The van der Waals surface area contributed by atoms with E-state index in [1.54, 1.807) is 4.68 Å². The highest BCUT2D eigenvalue weighted by molar-refractivity contribution is 7.99. The van der Waals surface area contributed by atoms with Gasteiger partial charge in [-0.3, -0.25) is 0 Å². The first-order valence-corrected chi connectivity index (χ1v) is 10.5. The summed E-state index contributed by atoms with van der Waals surface area (Å²) in [4.78, 5) is 14.3. The predicted octanol–water partition coefficient (Wildman–Crippen LogP) is 2.84. The molecule has 2 aromatic heterocycles. The van der Waals surface area contributed by atoms with Crippen LogP contribution in [0.5, 0.6) is 0 Å². The van der Waals surface area contributed by atoms with Crippen molar-refractivity contribution in [1.82, 2.24) is 19.9 Å². The summed E-state index contributed by atoms with van der Waals surface area (Å²) >= 11 is 1.09. The fourth-order valence-electron chi connectivity index (χ4n) is 3.79. The third-order valence-corrected chi connectivity index (χ3v) is 6.06. The molecule has 0 atom stereocenters. The first kappa shape index (κ1) is 18.7. The second-order valence-electron chi connectivity index (χ2n) is 7.10. The Morgan fingerprint density at radius 1 is 1.32 bits per heavy atom. The lowest BCUT2D eigenvalue weighted by molar-refractivity contribution is -0.301. The van der Waals surface area contributed by atoms with Crippen LogP contribution in [0, 0.1) is 6.92 Å². The molecule has 0 aliphatic heterocycles. The number of aromatic amines is 1. The van der Waals surface area contributed by atoms with E-state index in [1.807, 2.05) is 31.3 Å². The number of aryl methyl sites for hydroxylation is 1. The summed E-state index contributed by atoms with van der Waals surface area (Å²) in [5.41, 5.74) is 3.10. The lowest BCUT2D eigenvalue weighted by atomic mass is 9.89. The molecule has 1 N–H and O–H groups in total. The molecule has 146 valence electrons. The van der Waals surface area contributed by atoms with Crippen LogP contribution in [0.2, 0.25) is 0 Å². The Hall–Kier alpha value is -2.61. The molecule has 8 heteroatoms. The zero-order valence-electron chi connectivity index (χ0n) is 15.7. The molecule has 1 aliphatic carbocycles. The van der Waals surface area contributed by atoms with Crippen molar-refractivity contribution in [3.05, 3.63) is 41.3 Å². The average molecular weight is 396 g/mol. The van der Waals surface area contributed by atoms with E-state index in [0.29, 0.717) is 11.1 Å². The van der Waals surface area contributed by atoms with Crippen LogP contribution >= 0.6 is 11.8 Å². The summed E-state index contributed by atoms with van der Waals surface area (Å²) in [7, 11) is 0. The quantitative estimate of drug-likeness (QED) is 0.510. The van der Waals surface area contributed by atoms with Crippen molar-refractivity contribution in [2.45, 2.75) is 50.1 Å². The second kappa shape index (κ2) is 8.18. The van der Waals surface area contributed by atoms with Gasteiger partial charge < -0.3 is 14.9 Å². The Labute approximate surface area is 167 Å². The van der Waals surface area contributed by atoms with Crippen LogP contribution in [-0.4, -0.2) is 37.8 Å². The van der Waals surface area contributed by atoms with Crippen molar-refractivity contribution in [1.29, 1.82) is 0 Å². The lowest BCUT2D eigenvalue weighted by Gasteiger charge is -2.20. The van der Waals surface area contributed by atoms with E-state index < -0.39 is 5.97 Å². The van der Waals surface area contributed by atoms with Gasteiger partial charge in [-0.05, 0) is 25.8 Å². The number of thioether (sulfide) groups is 1. The SMILES string of the molecule is Cc1[nH]c2ccccc2c1/C=N/n1c(SCC(=O)[O-])nnc1C1CCCCC1. The van der Waals surface area contributed by atoms with Gasteiger partial charge in [0.1, 0.15) is 0 Å². The molecule has 28 heavy (non-hydrogen) atoms. The van der Waals surface area contributed by atoms with Gasteiger partial charge in [-0.2, -0.15) is 9.78 Å². The summed E-state index contributed by atoms with van der Waals surface area (Å²) in [6.45, 7) is 2.02. The molecule has 1 saturated carbocycles. The Bertz CT molecular complexity index is 1020. The summed E-state index contributed by atoms with van der Waals surface area (Å²) in [6.07, 6.45) is 7.52. The number of carbonyl (C=O) groups is 1. The normalized spacial score (nSPS) is 15.6. The molecule has 4 rings (SSSR count). The molecule has 3 aromatic rings. The zero-order valence-corrected chi connectivity index (χ0v) is 16.5. The standard InChI is InChI=1S/C20H23N5O2S/c1-13-16(15-9-5-6-10-17(15)22-13)11-21-25-19(14-7-3-2-4-8-14)23-24-20(25)28-12-18(26)27/h5-6,9-11,14,22H,2-4,7-8,12H2,1H3,(H,26,27)/p-1/b21-11+. The van der Waals surface area contributed by atoms with Crippen LogP contribution in [0.4, 0.5) is 0 Å². The zero-order chi connectivity index (χ0) is 19.5. The van der Waals surface area contributed by atoms with Crippen LogP contribution in [-0.2, 0) is 4.79 Å². The highest BCUT2D eigenvalue weighted by Crippen LogP contribution is 2.33. The minimum atomic E-state index is -1.13. The minimum absolute atomic E-state index is 0.176. The van der Waals surface area contributed by atoms with Crippen LogP contribution in [0.3, 0.4) is 0 Å². The van der Waals surface area contributed by atoms with Crippen molar-refractivity contribution >= 4 is 34.8 Å². The van der Waals surface area contributed by atoms with E-state index in [9.17, 15) is 9.90 Å². The summed E-state index contributed by atoms with van der Waals surface area (Å²) in [5.74, 6) is -0.186. The Morgan fingerprint density at radius 3 is 2.89 bits per heavy atom. The van der Waals surface area contributed by atoms with Gasteiger partial charge in [0.2, 0.25) is 5.16 Å². The Morgan fingerprint density at radius 2 is 2.11 bits per heavy atom. The number of carboxylic acids is 1. The maximum Gasteiger partial charge on any atom is 0.212 e. The van der Waals surface area contributed by atoms with E-state index in [-0.39, 0.29) is 5.75 Å². The minimum Gasteiger partial charge on any atom is -0.549 e. The summed E-state index contributed by atoms with van der Waals surface area (Å²) in [5, 5.41) is 25.7. The van der Waals surface area contributed by atoms with Crippen LogP contribution < -0.4 is 5.11 Å². The molecule has 1 fully saturated rings. The number of nitrogens with zero attached hydrogens (tertiary/aromatic N) is 4. The van der Waals surface area contributed by atoms with E-state index in [2.05, 4.69) is 26.3 Å². The molecule has 0 saturated heterocycles. The van der Waals surface area contributed by atoms with Gasteiger partial charge in [0.25, 0.3) is 0 Å². The molecular formula is C20H22N5O2S-. The van der Waals surface area contributed by atoms with Gasteiger partial charge in [-0.15, -0.1) is 10.2 Å². The number of nitrogens with one attached hydrogen (secondary N) is 1. The number of carboxylic acid groups (broad SMARTS) is 1. The number of fused-ring (bicyclic) bond motifs is 1. The van der Waals surface area contributed by atoms with Gasteiger partial charge in [-0.1, -0.05) is 49.2 Å². The van der Waals surface area contributed by atoms with Crippen molar-refractivity contribution in [3.63, 3.8) is 0 Å². The molecule has 1 aromatic carbocycles. The molecule has 0 unspecified atom stereocenters. The van der Waals surface area contributed by atoms with Crippen LogP contribution in [0.15, 0.2) is 34.5 Å². The predicted molar refractivity (Wildman–Crippen MR) is 108 cm³/mol. The summed E-state index contributed by atoms with van der Waals surface area (Å²) < 4.78 is 1.71. The number of hydrogen-bond acceptors (Lipinski definition) is 6. The van der Waals surface area contributed by atoms with E-state index in [4.69, 9.17) is 0 Å². The number of aromatic nitrogens is 4. The van der Waals surface area contributed by atoms with Crippen LogP contribution in [0.1, 0.15) is 55.1 Å². The smallest absolute Gasteiger partial charge is 0.212 e. The second-order valence-corrected chi connectivity index (χ2v) is 8.04. The van der Waals surface area contributed by atoms with Gasteiger partial charge in [0.15, 0.2) is 5.82 Å². The molecule has 0 bridgehead atoms. The van der Waals surface area contributed by atoms with E-state index >= 15 is 0 Å². The van der Waals surface area contributed by atoms with Crippen LogP contribution in [0.25, 0.3) is 10.9 Å². The molecule has 0 spiro atoms. The number of rotatable bonds is 6. The van der Waals surface area contributed by atoms with Crippen molar-refractivity contribution in [2.24, 2.45) is 5.10 Å². The fourth-order valence-corrected chi connectivity index (χ4v) is 4.40. The number of benzene rings is 1. The third-order valence-electron chi connectivity index (χ3n) is 5.17. The van der Waals surface area contributed by atoms with Gasteiger partial charge in [0, 0.05) is 33.8 Å². The first-order chi connectivity index (χ1) is 13.6. The number of aliphatic carboxylic acids is 1. The molecule has 0 amide bonds. The summed E-state index contributed by atoms with van der Waals surface area (Å²) in [6, 6.07) is 8.09. The van der Waals surface area contributed by atoms with E-state index in [1.165, 1.54) is 19.3 Å². The molecule has 7 nitrogen and oxygen atoms in total. The number of para-hydroxylation sites is 1. The molecule has 2 heterocycles. The highest BCUT2D eigenvalue weighted by atomic mass is 32.2. The Kier molecular flexibility index (Phi) is 5.47. The van der Waals surface area contributed by atoms with Crippen molar-refractivity contribution in [2.75, 3.05) is 5.75 Å². The van der Waals surface area contributed by atoms with Gasteiger partial charge in [-0.25, -0.2) is 0 Å². The topological polar surface area (TPSA) is 99.0 Å². The lowest BCUT2D eigenvalue weighted by Crippen LogP contribution is -2.24. The van der Waals surface area contributed by atoms with E-state index in [0.717, 1.165) is 52.6 Å². The monoisotopic (exact) mass is 396 g/mol. The molecule has 1 aliphatic rings. The fraction of sp³-hybridized carbons (Fsp3) is 0.400. The Balaban J connectivity index is 1.71. The van der Waals surface area contributed by atoms with Crippen molar-refractivity contribution < 1.29 is 9.90 Å². The largest absolute Gasteiger partial charge is 0.549 e. The highest BCUT2D eigenvalue weighted by Gasteiger charge is 2.23. The van der Waals surface area contributed by atoms with Gasteiger partial charge >= 0.3 is 0 Å². The maximum atomic E-state index is 10.9. The third kappa shape index (κ3) is 3.82.